The molecular formula is C46H38O20. The summed E-state index contributed by atoms with van der Waals surface area (Å²) in [4.78, 5) is 97.1. The van der Waals surface area contributed by atoms with Crippen LogP contribution < -0.4 is 18.9 Å². The van der Waals surface area contributed by atoms with Gasteiger partial charge >= 0.3 is 48.1 Å². The maximum atomic E-state index is 13.0. The second kappa shape index (κ2) is 22.8. The molecule has 2 aliphatic heterocycles. The van der Waals surface area contributed by atoms with Gasteiger partial charge in [0.05, 0.1) is 35.5 Å². The average Bonchev–Trinajstić information content (AvgIpc) is 3.92. The number of esters is 6. The van der Waals surface area contributed by atoms with E-state index in [9.17, 15) is 38.4 Å². The van der Waals surface area contributed by atoms with Crippen molar-refractivity contribution in [2.75, 3.05) is 39.6 Å². The Balaban J connectivity index is 0.900. The Labute approximate surface area is 374 Å². The van der Waals surface area contributed by atoms with Gasteiger partial charge in [-0.25, -0.2) is 38.4 Å². The van der Waals surface area contributed by atoms with E-state index in [-0.39, 0.29) is 84.9 Å². The number of benzene rings is 4. The van der Waals surface area contributed by atoms with Gasteiger partial charge in [-0.3, -0.25) is 0 Å². The zero-order valence-corrected chi connectivity index (χ0v) is 34.5. The Morgan fingerprint density at radius 3 is 1.03 bits per heavy atom. The molecule has 4 atom stereocenters. The average molecular weight is 911 g/mol. The molecule has 2 aliphatic rings. The predicted octanol–water partition coefficient (Wildman–Crippen LogP) is 5.16. The molecule has 0 bridgehead atoms. The molecule has 2 saturated heterocycles. The van der Waals surface area contributed by atoms with E-state index >= 15 is 0 Å². The van der Waals surface area contributed by atoms with E-state index < -0.39 is 72.5 Å². The minimum absolute atomic E-state index is 0.0258. The molecule has 0 radical (unpaired) electrons. The van der Waals surface area contributed by atoms with Crippen molar-refractivity contribution in [1.29, 1.82) is 0 Å². The fourth-order valence-electron chi connectivity index (χ4n) is 5.91. The van der Waals surface area contributed by atoms with Gasteiger partial charge in [0.15, 0.2) is 12.2 Å². The summed E-state index contributed by atoms with van der Waals surface area (Å²) in [6, 6.07) is 22.0. The smallest absolute Gasteiger partial charge is 0.459 e. The number of fused-ring (bicyclic) bond motifs is 1. The van der Waals surface area contributed by atoms with E-state index in [4.69, 9.17) is 47.4 Å². The first-order chi connectivity index (χ1) is 31.9. The van der Waals surface area contributed by atoms with E-state index in [0.29, 0.717) is 0 Å². The van der Waals surface area contributed by atoms with Gasteiger partial charge in [-0.05, 0) is 97.1 Å². The topological polar surface area (TPSA) is 247 Å². The van der Waals surface area contributed by atoms with Crippen molar-refractivity contribution in [2.24, 2.45) is 0 Å². The van der Waals surface area contributed by atoms with E-state index in [0.717, 1.165) is 12.2 Å². The van der Waals surface area contributed by atoms with Crippen LogP contribution in [0.2, 0.25) is 0 Å². The molecule has 0 unspecified atom stereocenters. The molecule has 2 fully saturated rings. The van der Waals surface area contributed by atoms with Gasteiger partial charge in [0.25, 0.3) is 0 Å². The number of ether oxygens (including phenoxy) is 12. The second-order valence-electron chi connectivity index (χ2n) is 13.5. The molecule has 0 aliphatic carbocycles. The van der Waals surface area contributed by atoms with Crippen LogP contribution >= 0.6 is 0 Å². The molecular weight excluding hydrogens is 872 g/mol. The highest BCUT2D eigenvalue weighted by molar-refractivity contribution is 5.93. The van der Waals surface area contributed by atoms with Crippen LogP contribution in [0.5, 0.6) is 23.0 Å². The lowest BCUT2D eigenvalue weighted by atomic mass is 10.1. The molecule has 0 N–H and O–H groups in total. The van der Waals surface area contributed by atoms with Crippen molar-refractivity contribution < 1.29 is 95.2 Å². The zero-order valence-electron chi connectivity index (χ0n) is 34.5. The molecule has 20 nitrogen and oxygen atoms in total. The van der Waals surface area contributed by atoms with Crippen molar-refractivity contribution in [1.82, 2.24) is 0 Å². The lowest BCUT2D eigenvalue weighted by Crippen LogP contribution is -2.36. The predicted molar refractivity (Wildman–Crippen MR) is 220 cm³/mol. The minimum Gasteiger partial charge on any atom is -0.459 e. The molecule has 0 saturated carbocycles. The lowest BCUT2D eigenvalue weighted by molar-refractivity contribution is -0.139. The van der Waals surface area contributed by atoms with Gasteiger partial charge in [-0.1, -0.05) is 13.2 Å². The molecule has 0 spiro atoms. The van der Waals surface area contributed by atoms with Gasteiger partial charge in [-0.15, -0.1) is 0 Å². The molecule has 342 valence electrons. The molecule has 20 heteroatoms. The first-order valence-electron chi connectivity index (χ1n) is 19.7. The third kappa shape index (κ3) is 13.3. The Morgan fingerprint density at radius 1 is 0.424 bits per heavy atom. The third-order valence-corrected chi connectivity index (χ3v) is 9.09. The van der Waals surface area contributed by atoms with Gasteiger partial charge in [0.2, 0.25) is 0 Å². The Bertz CT molecular complexity index is 2250. The number of rotatable bonds is 18. The normalized spacial score (nSPS) is 16.8. The molecule has 4 aromatic rings. The van der Waals surface area contributed by atoms with Crippen LogP contribution in [0.1, 0.15) is 41.4 Å². The highest BCUT2D eigenvalue weighted by Crippen LogP contribution is 2.32. The molecule has 0 amide bonds. The number of hydrogen-bond donors (Lipinski definition) is 0. The summed E-state index contributed by atoms with van der Waals surface area (Å²) in [6.07, 6.45) is -3.24. The summed E-state index contributed by atoms with van der Waals surface area (Å²) in [6.45, 7) is 5.61. The van der Waals surface area contributed by atoms with E-state index in [2.05, 4.69) is 22.6 Å². The van der Waals surface area contributed by atoms with E-state index in [1.165, 1.54) is 97.1 Å². The first kappa shape index (κ1) is 47.1. The fourth-order valence-corrected chi connectivity index (χ4v) is 5.91. The molecule has 66 heavy (non-hydrogen) atoms. The van der Waals surface area contributed by atoms with Crippen LogP contribution in [0.4, 0.5) is 9.59 Å². The van der Waals surface area contributed by atoms with Crippen LogP contribution in [-0.2, 0) is 47.5 Å². The summed E-state index contributed by atoms with van der Waals surface area (Å²) in [5, 5.41) is 0. The zero-order chi connectivity index (χ0) is 47.0. The van der Waals surface area contributed by atoms with Crippen molar-refractivity contribution >= 4 is 48.1 Å². The van der Waals surface area contributed by atoms with Crippen molar-refractivity contribution in [2.45, 2.75) is 24.4 Å². The maximum Gasteiger partial charge on any atom is 0.513 e. The Hall–Kier alpha value is -8.36. The standard InChI is InChI=1S/C46H38O20/c1-3-37(47)55-21-23-57-45(53)63-33-17-9-27(10-18-33)41(49)61-31-13-5-29(6-14-31)43(51)65-35-25-59-40-36(26-60-39(35)40)66-44(52)30-7-15-32(16-8-30)62-42(50)28-11-19-34(20-12-28)64-46(54)58-24-22-56-38(48)4-2/h3-20,35-36,39-40H,1-2,21-26H2/t35-,36-,39+,40+/m1/s1. The highest BCUT2D eigenvalue weighted by Gasteiger charge is 2.51. The largest absolute Gasteiger partial charge is 0.513 e. The SMILES string of the molecule is C=CC(=O)OCCOC(=O)Oc1ccc(C(=O)Oc2ccc(C(=O)O[C@@H]3CO[C@@H]4[C@H]3OC[C@H]4OC(=O)c3ccc(OC(=O)c4ccc(OC(=O)OCCOC(=O)C=C)cc4)cc3)cc2)cc1. The summed E-state index contributed by atoms with van der Waals surface area (Å²) >= 11 is 0. The Morgan fingerprint density at radius 2 is 0.712 bits per heavy atom. The summed E-state index contributed by atoms with van der Waals surface area (Å²) in [5.74, 6) is -3.79. The molecule has 4 aromatic carbocycles. The monoisotopic (exact) mass is 910 g/mol. The summed E-state index contributed by atoms with van der Waals surface area (Å²) in [5.41, 5.74) is 0.551. The maximum absolute atomic E-state index is 13.0. The van der Waals surface area contributed by atoms with Gasteiger partial charge in [0, 0.05) is 12.2 Å². The van der Waals surface area contributed by atoms with Crippen LogP contribution in [0.25, 0.3) is 0 Å². The van der Waals surface area contributed by atoms with Crippen LogP contribution in [0, 0.1) is 0 Å². The van der Waals surface area contributed by atoms with Crippen LogP contribution in [0.3, 0.4) is 0 Å². The second-order valence-corrected chi connectivity index (χ2v) is 13.5. The van der Waals surface area contributed by atoms with E-state index in [1.54, 1.807) is 0 Å². The minimum atomic E-state index is -1.05. The van der Waals surface area contributed by atoms with Crippen molar-refractivity contribution in [3.05, 3.63) is 145 Å². The van der Waals surface area contributed by atoms with E-state index in [1.807, 2.05) is 0 Å². The lowest BCUT2D eigenvalue weighted by Gasteiger charge is -2.17. The fraction of sp³-hybridized carbons (Fsp3) is 0.217. The van der Waals surface area contributed by atoms with Crippen molar-refractivity contribution in [3.8, 4) is 23.0 Å². The molecule has 6 rings (SSSR count). The van der Waals surface area contributed by atoms with Gasteiger partial charge in [-0.2, -0.15) is 0 Å². The molecule has 2 heterocycles. The summed E-state index contributed by atoms with van der Waals surface area (Å²) < 4.78 is 62.7. The molecule has 0 aromatic heterocycles. The van der Waals surface area contributed by atoms with Crippen molar-refractivity contribution in [3.63, 3.8) is 0 Å². The summed E-state index contributed by atoms with van der Waals surface area (Å²) in [7, 11) is 0. The Kier molecular flexibility index (Phi) is 16.3. The third-order valence-electron chi connectivity index (χ3n) is 9.09. The number of carbonyl (C=O) groups is 8. The number of carbonyl (C=O) groups excluding carboxylic acids is 8. The number of hydrogen-bond acceptors (Lipinski definition) is 20. The highest BCUT2D eigenvalue weighted by atomic mass is 16.7. The van der Waals surface area contributed by atoms with Crippen LogP contribution in [0.15, 0.2) is 122 Å². The van der Waals surface area contributed by atoms with Crippen LogP contribution in [-0.4, -0.2) is 112 Å². The first-order valence-corrected chi connectivity index (χ1v) is 19.7. The quantitative estimate of drug-likeness (QED) is 0.0312. The van der Waals surface area contributed by atoms with Gasteiger partial charge in [0.1, 0.15) is 61.6 Å². The van der Waals surface area contributed by atoms with Gasteiger partial charge < -0.3 is 56.8 Å².